The van der Waals surface area contributed by atoms with Gasteiger partial charge in [0.2, 0.25) is 0 Å². The van der Waals surface area contributed by atoms with E-state index in [2.05, 4.69) is 33.0 Å². The van der Waals surface area contributed by atoms with E-state index >= 15 is 0 Å². The summed E-state index contributed by atoms with van der Waals surface area (Å²) in [6.45, 7) is 3.57. The summed E-state index contributed by atoms with van der Waals surface area (Å²) in [5.74, 6) is 2.40. The molecule has 6 heteroatoms. The van der Waals surface area contributed by atoms with Crippen LogP contribution in [0.1, 0.15) is 44.1 Å². The van der Waals surface area contributed by atoms with E-state index in [-0.39, 0.29) is 6.10 Å². The quantitative estimate of drug-likeness (QED) is 0.686. The third-order valence-electron chi connectivity index (χ3n) is 6.06. The van der Waals surface area contributed by atoms with Crippen molar-refractivity contribution in [3.8, 4) is 5.75 Å². The smallest absolute Gasteiger partial charge is 0.404 e. The molecule has 150 valence electrons. The standard InChI is InChI=1S/C21H31BrN2O3/c1-26-19-6-7-20(22)17(13-19)12-16-9-11-24(14-16)10-8-15-2-4-18(5-3-15)27-21(23)25/h6-7,13,15-16,18H,2-5,8-12,14H2,1H3,(H2,23,25). The van der Waals surface area contributed by atoms with Crippen molar-refractivity contribution in [3.63, 3.8) is 0 Å². The van der Waals surface area contributed by atoms with Crippen molar-refractivity contribution in [2.45, 2.75) is 51.0 Å². The van der Waals surface area contributed by atoms with Gasteiger partial charge in [-0.3, -0.25) is 0 Å². The fraction of sp³-hybridized carbons (Fsp3) is 0.667. The van der Waals surface area contributed by atoms with Crippen molar-refractivity contribution >= 4 is 22.0 Å². The van der Waals surface area contributed by atoms with Gasteiger partial charge in [0.05, 0.1) is 7.11 Å². The molecule has 27 heavy (non-hydrogen) atoms. The predicted molar refractivity (Wildman–Crippen MR) is 110 cm³/mol. The Morgan fingerprint density at radius 3 is 2.70 bits per heavy atom. The van der Waals surface area contributed by atoms with E-state index in [4.69, 9.17) is 15.2 Å². The summed E-state index contributed by atoms with van der Waals surface area (Å²) in [7, 11) is 1.72. The Hall–Kier alpha value is -1.27. The van der Waals surface area contributed by atoms with Gasteiger partial charge in [-0.25, -0.2) is 4.79 Å². The maximum atomic E-state index is 10.9. The number of amides is 1. The number of rotatable bonds is 7. The number of likely N-dealkylation sites (tertiary alicyclic amines) is 1. The number of halogens is 1. The Kier molecular flexibility index (Phi) is 7.41. The molecular formula is C21H31BrN2O3. The van der Waals surface area contributed by atoms with Crippen LogP contribution in [0, 0.1) is 11.8 Å². The lowest BCUT2D eigenvalue weighted by Gasteiger charge is -2.29. The van der Waals surface area contributed by atoms with Crippen LogP contribution < -0.4 is 10.5 Å². The normalized spacial score (nSPS) is 26.1. The number of carbonyl (C=O) groups excluding carboxylic acids is 1. The van der Waals surface area contributed by atoms with Crippen molar-refractivity contribution in [3.05, 3.63) is 28.2 Å². The highest BCUT2D eigenvalue weighted by atomic mass is 79.9. The molecule has 1 heterocycles. The molecule has 1 atom stereocenters. The van der Waals surface area contributed by atoms with Gasteiger partial charge in [-0.2, -0.15) is 0 Å². The fourth-order valence-corrected chi connectivity index (χ4v) is 4.90. The molecular weight excluding hydrogens is 408 g/mol. The molecule has 0 spiro atoms. The molecule has 1 saturated heterocycles. The lowest BCUT2D eigenvalue weighted by molar-refractivity contribution is 0.0684. The van der Waals surface area contributed by atoms with Crippen molar-refractivity contribution in [1.29, 1.82) is 0 Å². The molecule has 1 amide bonds. The number of ether oxygens (including phenoxy) is 2. The molecule has 1 aliphatic carbocycles. The van der Waals surface area contributed by atoms with E-state index in [1.807, 2.05) is 6.07 Å². The van der Waals surface area contributed by atoms with Crippen molar-refractivity contribution in [2.24, 2.45) is 17.6 Å². The average Bonchev–Trinajstić information content (AvgIpc) is 3.10. The van der Waals surface area contributed by atoms with Crippen LogP contribution in [-0.2, 0) is 11.2 Å². The second-order valence-electron chi connectivity index (χ2n) is 7.99. The predicted octanol–water partition coefficient (Wildman–Crippen LogP) is 4.37. The first kappa shape index (κ1) is 20.5. The largest absolute Gasteiger partial charge is 0.497 e. The van der Waals surface area contributed by atoms with E-state index in [0.29, 0.717) is 5.92 Å². The third kappa shape index (κ3) is 6.11. The molecule has 1 unspecified atom stereocenters. The summed E-state index contributed by atoms with van der Waals surface area (Å²) >= 11 is 3.68. The Bertz CT molecular complexity index is 632. The Morgan fingerprint density at radius 1 is 1.22 bits per heavy atom. The molecule has 0 aromatic heterocycles. The number of carbonyl (C=O) groups is 1. The van der Waals surface area contributed by atoms with E-state index in [0.717, 1.165) is 43.8 Å². The first-order valence-corrected chi connectivity index (χ1v) is 10.8. The van der Waals surface area contributed by atoms with Gasteiger partial charge in [0.15, 0.2) is 0 Å². The van der Waals surface area contributed by atoms with Crippen LogP contribution in [0.5, 0.6) is 5.75 Å². The van der Waals surface area contributed by atoms with Crippen LogP contribution >= 0.6 is 15.9 Å². The number of primary amides is 1. The van der Waals surface area contributed by atoms with Gasteiger partial charge in [0, 0.05) is 11.0 Å². The summed E-state index contributed by atoms with van der Waals surface area (Å²) in [6, 6.07) is 6.23. The van der Waals surface area contributed by atoms with Gasteiger partial charge in [-0.15, -0.1) is 0 Å². The molecule has 1 saturated carbocycles. The molecule has 2 fully saturated rings. The summed E-state index contributed by atoms with van der Waals surface area (Å²) in [5, 5.41) is 0. The molecule has 2 aliphatic rings. The van der Waals surface area contributed by atoms with Crippen LogP contribution in [0.2, 0.25) is 0 Å². The van der Waals surface area contributed by atoms with E-state index in [9.17, 15) is 4.79 Å². The second kappa shape index (κ2) is 9.78. The summed E-state index contributed by atoms with van der Waals surface area (Å²) in [4.78, 5) is 13.5. The number of hydrogen-bond donors (Lipinski definition) is 1. The molecule has 3 rings (SSSR count). The van der Waals surface area contributed by atoms with Gasteiger partial charge in [-0.05, 0) is 93.6 Å². The van der Waals surface area contributed by atoms with E-state index < -0.39 is 6.09 Å². The van der Waals surface area contributed by atoms with E-state index in [1.54, 1.807) is 7.11 Å². The fourth-order valence-electron chi connectivity index (χ4n) is 4.50. The zero-order valence-corrected chi connectivity index (χ0v) is 17.7. The average molecular weight is 439 g/mol. The highest BCUT2D eigenvalue weighted by molar-refractivity contribution is 9.10. The van der Waals surface area contributed by atoms with Gasteiger partial charge >= 0.3 is 6.09 Å². The maximum Gasteiger partial charge on any atom is 0.404 e. The monoisotopic (exact) mass is 438 g/mol. The number of nitrogens with two attached hydrogens (primary N) is 1. The van der Waals surface area contributed by atoms with E-state index in [1.165, 1.54) is 42.5 Å². The summed E-state index contributed by atoms with van der Waals surface area (Å²) in [6.07, 6.45) is 7.23. The highest BCUT2D eigenvalue weighted by Gasteiger charge is 2.26. The van der Waals surface area contributed by atoms with Gasteiger partial charge in [0.1, 0.15) is 11.9 Å². The first-order chi connectivity index (χ1) is 13.0. The highest BCUT2D eigenvalue weighted by Crippen LogP contribution is 2.31. The lowest BCUT2D eigenvalue weighted by atomic mass is 9.85. The van der Waals surface area contributed by atoms with Crippen molar-refractivity contribution in [2.75, 3.05) is 26.7 Å². The number of hydrogen-bond acceptors (Lipinski definition) is 4. The van der Waals surface area contributed by atoms with Crippen LogP contribution in [0.4, 0.5) is 4.79 Å². The topological polar surface area (TPSA) is 64.8 Å². The maximum absolute atomic E-state index is 10.9. The second-order valence-corrected chi connectivity index (χ2v) is 8.84. The van der Waals surface area contributed by atoms with Crippen molar-refractivity contribution < 1.29 is 14.3 Å². The molecule has 1 aliphatic heterocycles. The summed E-state index contributed by atoms with van der Waals surface area (Å²) < 4.78 is 11.7. The number of benzene rings is 1. The zero-order valence-electron chi connectivity index (χ0n) is 16.2. The van der Waals surface area contributed by atoms with Crippen LogP contribution in [-0.4, -0.2) is 43.8 Å². The van der Waals surface area contributed by atoms with Crippen LogP contribution in [0.15, 0.2) is 22.7 Å². The Labute approximate surface area is 170 Å². The minimum atomic E-state index is -0.635. The minimum Gasteiger partial charge on any atom is -0.497 e. The van der Waals surface area contributed by atoms with Gasteiger partial charge in [-0.1, -0.05) is 15.9 Å². The molecule has 5 nitrogen and oxygen atoms in total. The molecule has 1 aromatic carbocycles. The van der Waals surface area contributed by atoms with Crippen molar-refractivity contribution in [1.82, 2.24) is 4.90 Å². The SMILES string of the molecule is COc1ccc(Br)c(CC2CCN(CCC3CCC(OC(N)=O)CC3)C2)c1. The minimum absolute atomic E-state index is 0.0382. The summed E-state index contributed by atoms with van der Waals surface area (Å²) in [5.41, 5.74) is 6.46. The zero-order chi connectivity index (χ0) is 19.2. The molecule has 0 bridgehead atoms. The Balaban J connectivity index is 1.39. The first-order valence-electron chi connectivity index (χ1n) is 10.0. The molecule has 0 radical (unpaired) electrons. The number of nitrogens with zero attached hydrogens (tertiary/aromatic N) is 1. The molecule has 2 N–H and O–H groups in total. The number of methoxy groups -OCH3 is 1. The Morgan fingerprint density at radius 2 is 2.00 bits per heavy atom. The third-order valence-corrected chi connectivity index (χ3v) is 6.84. The lowest BCUT2D eigenvalue weighted by Crippen LogP contribution is -2.29. The van der Waals surface area contributed by atoms with Crippen LogP contribution in [0.25, 0.3) is 0 Å². The molecule has 1 aromatic rings. The van der Waals surface area contributed by atoms with Gasteiger partial charge < -0.3 is 20.1 Å². The van der Waals surface area contributed by atoms with Gasteiger partial charge in [0.25, 0.3) is 0 Å². The van der Waals surface area contributed by atoms with Crippen LogP contribution in [0.3, 0.4) is 0 Å².